The minimum atomic E-state index is 0.885. The minimum Gasteiger partial charge on any atom is -0.0856 e. The van der Waals surface area contributed by atoms with Gasteiger partial charge in [0.1, 0.15) is 0 Å². The summed E-state index contributed by atoms with van der Waals surface area (Å²) >= 11 is 0. The Morgan fingerprint density at radius 1 is 0.529 bits per heavy atom. The number of allylic oxidation sites excluding steroid dienone is 6. The fourth-order valence-corrected chi connectivity index (χ4v) is 4.26. The molecule has 0 nitrogen and oxygen atoms in total. The summed E-state index contributed by atoms with van der Waals surface area (Å²) in [5.41, 5.74) is 4.50. The third-order valence-electron chi connectivity index (χ3n) is 6.83. The Labute approximate surface area is 218 Å². The van der Waals surface area contributed by atoms with Crippen LogP contribution in [0.5, 0.6) is 0 Å². The topological polar surface area (TPSA) is 0 Å². The zero-order valence-corrected chi connectivity index (χ0v) is 25.6. The van der Waals surface area contributed by atoms with E-state index < -0.39 is 0 Å². The number of hydrogen-bond acceptors (Lipinski definition) is 0. The van der Waals surface area contributed by atoms with Crippen LogP contribution < -0.4 is 0 Å². The molecule has 0 radical (unpaired) electrons. The highest BCUT2D eigenvalue weighted by Gasteiger charge is 2.06. The molecular weight excluding hydrogens is 408 g/mol. The number of rotatable bonds is 19. The molecule has 0 heteroatoms. The van der Waals surface area contributed by atoms with E-state index in [2.05, 4.69) is 87.5 Å². The largest absolute Gasteiger partial charge is 0.0856 e. The number of hydrogen-bond donors (Lipinski definition) is 0. The molecule has 0 aliphatic rings. The van der Waals surface area contributed by atoms with Crippen molar-refractivity contribution >= 4 is 0 Å². The van der Waals surface area contributed by atoms with Crippen molar-refractivity contribution in [1.82, 2.24) is 0 Å². The maximum atomic E-state index is 2.44. The lowest BCUT2D eigenvalue weighted by molar-refractivity contribution is 0.388. The molecule has 0 rings (SSSR count). The van der Waals surface area contributed by atoms with Crippen molar-refractivity contribution in [1.29, 1.82) is 0 Å². The first-order chi connectivity index (χ1) is 16.1. The van der Waals surface area contributed by atoms with Gasteiger partial charge in [-0.15, -0.1) is 0 Å². The third-order valence-corrected chi connectivity index (χ3v) is 6.83. The van der Waals surface area contributed by atoms with Crippen LogP contribution in [0.15, 0.2) is 34.9 Å². The van der Waals surface area contributed by atoms with Crippen LogP contribution in [0.3, 0.4) is 0 Å². The summed E-state index contributed by atoms with van der Waals surface area (Å²) in [4.78, 5) is 0. The van der Waals surface area contributed by atoms with Gasteiger partial charge in [-0.05, 0) is 77.6 Å². The molecule has 0 saturated heterocycles. The van der Waals surface area contributed by atoms with Crippen LogP contribution in [0.25, 0.3) is 0 Å². The zero-order chi connectivity index (χ0) is 26.2. The Balaban J connectivity index is 0. The molecule has 34 heavy (non-hydrogen) atoms. The Morgan fingerprint density at radius 2 is 0.971 bits per heavy atom. The summed E-state index contributed by atoms with van der Waals surface area (Å²) in [5.74, 6) is 2.79. The van der Waals surface area contributed by atoms with Crippen LogP contribution in [-0.4, -0.2) is 0 Å². The molecule has 202 valence electrons. The molecule has 2 unspecified atom stereocenters. The second-order valence-electron chi connectivity index (χ2n) is 11.9. The second kappa shape index (κ2) is 25.3. The lowest BCUT2D eigenvalue weighted by atomic mass is 9.92. The molecule has 0 aliphatic heterocycles. The Bertz CT molecular complexity index is 512. The fourth-order valence-electron chi connectivity index (χ4n) is 4.26. The fraction of sp³-hybridized carbons (Fsp3) is 0.824. The van der Waals surface area contributed by atoms with Crippen molar-refractivity contribution < 1.29 is 0 Å². The maximum Gasteiger partial charge on any atom is -0.0288 e. The van der Waals surface area contributed by atoms with Gasteiger partial charge in [0, 0.05) is 0 Å². The van der Waals surface area contributed by atoms with Crippen LogP contribution in [-0.2, 0) is 0 Å². The highest BCUT2D eigenvalue weighted by molar-refractivity contribution is 5.05. The SMILES string of the molecule is CCC/C=C(\C)CC/C=C(\C)CCC=C(C)C.CCCCC(C)CCCC(C)CCCC(C)C. The molecule has 0 aromatic rings. The first kappa shape index (κ1) is 35.4. The zero-order valence-electron chi connectivity index (χ0n) is 25.6. The van der Waals surface area contributed by atoms with E-state index in [1.807, 2.05) is 0 Å². The quantitative estimate of drug-likeness (QED) is 0.163. The van der Waals surface area contributed by atoms with Crippen molar-refractivity contribution in [2.75, 3.05) is 0 Å². The monoisotopic (exact) mass is 475 g/mol. The maximum absolute atomic E-state index is 2.44. The second-order valence-corrected chi connectivity index (χ2v) is 11.9. The molecule has 0 aliphatic carbocycles. The molecule has 0 heterocycles. The van der Waals surface area contributed by atoms with Gasteiger partial charge in [0.15, 0.2) is 0 Å². The molecule has 2 atom stereocenters. The third kappa shape index (κ3) is 29.3. The van der Waals surface area contributed by atoms with Gasteiger partial charge in [-0.1, -0.05) is 141 Å². The van der Waals surface area contributed by atoms with E-state index in [0.29, 0.717) is 0 Å². The minimum absolute atomic E-state index is 0.885. The first-order valence-electron chi connectivity index (χ1n) is 15.1. The van der Waals surface area contributed by atoms with Gasteiger partial charge in [0.05, 0.1) is 0 Å². The predicted molar refractivity (Wildman–Crippen MR) is 161 cm³/mol. The van der Waals surface area contributed by atoms with Crippen LogP contribution in [0.2, 0.25) is 0 Å². The summed E-state index contributed by atoms with van der Waals surface area (Å²) < 4.78 is 0. The smallest absolute Gasteiger partial charge is 0.0288 e. The Morgan fingerprint density at radius 3 is 1.41 bits per heavy atom. The molecule has 0 aromatic heterocycles. The number of unbranched alkanes of at least 4 members (excludes halogenated alkanes) is 2. The Hall–Kier alpha value is -0.780. The average molecular weight is 475 g/mol. The van der Waals surface area contributed by atoms with Gasteiger partial charge < -0.3 is 0 Å². The van der Waals surface area contributed by atoms with E-state index in [1.165, 1.54) is 107 Å². The lowest BCUT2D eigenvalue weighted by Crippen LogP contribution is -2.00. The molecule has 0 saturated carbocycles. The molecule has 0 spiro atoms. The van der Waals surface area contributed by atoms with E-state index in [0.717, 1.165) is 17.8 Å². The van der Waals surface area contributed by atoms with Gasteiger partial charge in [-0.2, -0.15) is 0 Å². The van der Waals surface area contributed by atoms with Crippen molar-refractivity contribution in [3.05, 3.63) is 34.9 Å². The van der Waals surface area contributed by atoms with Gasteiger partial charge in [-0.3, -0.25) is 0 Å². The van der Waals surface area contributed by atoms with Crippen LogP contribution >= 0.6 is 0 Å². The average Bonchev–Trinajstić information content (AvgIpc) is 2.76. The van der Waals surface area contributed by atoms with E-state index in [-0.39, 0.29) is 0 Å². The molecule has 0 amide bonds. The van der Waals surface area contributed by atoms with Crippen molar-refractivity contribution in [3.8, 4) is 0 Å². The van der Waals surface area contributed by atoms with Crippen molar-refractivity contribution in [2.45, 2.75) is 166 Å². The highest BCUT2D eigenvalue weighted by Crippen LogP contribution is 2.21. The van der Waals surface area contributed by atoms with E-state index in [4.69, 9.17) is 0 Å². The van der Waals surface area contributed by atoms with Crippen molar-refractivity contribution in [2.24, 2.45) is 17.8 Å². The summed E-state index contributed by atoms with van der Waals surface area (Å²) in [7, 11) is 0. The van der Waals surface area contributed by atoms with Gasteiger partial charge in [0.25, 0.3) is 0 Å². The predicted octanol–water partition coefficient (Wildman–Crippen LogP) is 12.7. The summed E-state index contributed by atoms with van der Waals surface area (Å²) in [6.45, 7) is 22.9. The van der Waals surface area contributed by atoms with Crippen LogP contribution in [0.1, 0.15) is 166 Å². The molecule has 0 bridgehead atoms. The summed E-state index contributed by atoms with van der Waals surface area (Å²) in [6.07, 6.45) is 27.3. The summed E-state index contributed by atoms with van der Waals surface area (Å²) in [5, 5.41) is 0. The first-order valence-corrected chi connectivity index (χ1v) is 15.1. The molecule has 0 aromatic carbocycles. The van der Waals surface area contributed by atoms with Crippen LogP contribution in [0.4, 0.5) is 0 Å². The lowest BCUT2D eigenvalue weighted by Gasteiger charge is -2.14. The molecule has 0 fully saturated rings. The summed E-state index contributed by atoms with van der Waals surface area (Å²) in [6, 6.07) is 0. The van der Waals surface area contributed by atoms with E-state index >= 15 is 0 Å². The Kier molecular flexibility index (Phi) is 26.3. The van der Waals surface area contributed by atoms with Gasteiger partial charge in [0.2, 0.25) is 0 Å². The van der Waals surface area contributed by atoms with Gasteiger partial charge in [-0.25, -0.2) is 0 Å². The van der Waals surface area contributed by atoms with E-state index in [1.54, 1.807) is 5.57 Å². The van der Waals surface area contributed by atoms with Gasteiger partial charge >= 0.3 is 0 Å². The highest BCUT2D eigenvalue weighted by atomic mass is 14.1. The van der Waals surface area contributed by atoms with Crippen molar-refractivity contribution in [3.63, 3.8) is 0 Å². The van der Waals surface area contributed by atoms with Crippen LogP contribution in [0, 0.1) is 17.8 Å². The molecular formula is C34H66. The van der Waals surface area contributed by atoms with E-state index in [9.17, 15) is 0 Å². The molecule has 0 N–H and O–H groups in total. The standard InChI is InChI=1S/C17H36.C17H30/c2*1-6-7-11-16(4)13-9-14-17(5)12-8-10-15(2)3/h15-17H,6-14H2,1-5H3;10-11,14H,6-9,12-13H2,1-5H3/b;16-11+,17-14+. The normalized spacial score (nSPS) is 14.0.